The number of nitrogens with one attached hydrogen (secondary N) is 2. The second kappa shape index (κ2) is 5.94. The quantitative estimate of drug-likeness (QED) is 0.846. The lowest BCUT2D eigenvalue weighted by molar-refractivity contribution is -0.171. The molecule has 8 heteroatoms. The van der Waals surface area contributed by atoms with Gasteiger partial charge in [0.05, 0.1) is 19.2 Å². The van der Waals surface area contributed by atoms with Crippen LogP contribution >= 0.6 is 0 Å². The number of methoxy groups -OCH3 is 1. The first-order valence-corrected chi connectivity index (χ1v) is 6.70. The molecule has 1 heterocycles. The summed E-state index contributed by atoms with van der Waals surface area (Å²) in [7, 11) is 1.38. The molecule has 5 nitrogen and oxygen atoms in total. The number of benzene rings is 1. The van der Waals surface area contributed by atoms with Gasteiger partial charge in [-0.1, -0.05) is 0 Å². The first-order valence-electron chi connectivity index (χ1n) is 6.70. The number of ether oxygens (including phenoxy) is 1. The Labute approximate surface area is 129 Å². The summed E-state index contributed by atoms with van der Waals surface area (Å²) in [6, 6.07) is 3.24. The van der Waals surface area contributed by atoms with Gasteiger partial charge in [0.1, 0.15) is 5.75 Å². The van der Waals surface area contributed by atoms with E-state index in [1.54, 1.807) is 12.1 Å². The number of aryl methyl sites for hydroxylation is 2. The Kier molecular flexibility index (Phi) is 4.35. The number of fused-ring (bicyclic) bond motifs is 1. The largest absolute Gasteiger partial charge is 0.495 e. The zero-order valence-electron chi connectivity index (χ0n) is 12.7. The van der Waals surface area contributed by atoms with Crippen molar-refractivity contribution < 1.29 is 27.5 Å². The average molecular weight is 328 g/mol. The lowest BCUT2D eigenvalue weighted by Crippen LogP contribution is -2.28. The molecule has 0 aliphatic carbocycles. The summed E-state index contributed by atoms with van der Waals surface area (Å²) in [5.41, 5.74) is 2.83. The average Bonchev–Trinajstić information content (AvgIpc) is 2.71. The minimum absolute atomic E-state index is 0.196. The van der Waals surface area contributed by atoms with Gasteiger partial charge in [-0.2, -0.15) is 13.2 Å². The Morgan fingerprint density at radius 1 is 1.26 bits per heavy atom. The van der Waals surface area contributed by atoms with E-state index in [1.807, 2.05) is 13.8 Å². The van der Waals surface area contributed by atoms with Crippen LogP contribution in [0.3, 0.4) is 0 Å². The summed E-state index contributed by atoms with van der Waals surface area (Å²) in [6.07, 6.45) is -6.30. The second-order valence-electron chi connectivity index (χ2n) is 5.12. The minimum Gasteiger partial charge on any atom is -0.495 e. The molecule has 0 aliphatic heterocycles. The van der Waals surface area contributed by atoms with E-state index in [2.05, 4.69) is 10.3 Å². The van der Waals surface area contributed by atoms with Gasteiger partial charge >= 0.3 is 6.18 Å². The Bertz CT molecular complexity index is 778. The van der Waals surface area contributed by atoms with Gasteiger partial charge in [0.15, 0.2) is 0 Å². The topological polar surface area (TPSA) is 71.2 Å². The first kappa shape index (κ1) is 16.9. The molecule has 0 atom stereocenters. The van der Waals surface area contributed by atoms with Crippen molar-refractivity contribution in [3.8, 4) is 5.75 Å². The fourth-order valence-electron chi connectivity index (χ4n) is 2.20. The summed E-state index contributed by atoms with van der Waals surface area (Å²) in [4.78, 5) is 25.6. The van der Waals surface area contributed by atoms with Crippen molar-refractivity contribution in [2.24, 2.45) is 0 Å². The second-order valence-corrected chi connectivity index (χ2v) is 5.12. The molecule has 124 valence electrons. The molecule has 23 heavy (non-hydrogen) atoms. The van der Waals surface area contributed by atoms with Gasteiger partial charge in [-0.15, -0.1) is 0 Å². The predicted octanol–water partition coefficient (Wildman–Crippen LogP) is 3.25. The molecule has 0 aliphatic rings. The Morgan fingerprint density at radius 3 is 2.48 bits per heavy atom. The maximum Gasteiger partial charge on any atom is 0.450 e. The number of rotatable bonds is 4. The highest BCUT2D eigenvalue weighted by Gasteiger charge is 2.39. The van der Waals surface area contributed by atoms with Crippen molar-refractivity contribution in [2.45, 2.75) is 26.4 Å². The van der Waals surface area contributed by atoms with E-state index in [-0.39, 0.29) is 5.69 Å². The highest BCUT2D eigenvalue weighted by atomic mass is 19.4. The fourth-order valence-corrected chi connectivity index (χ4v) is 2.20. The molecule has 2 rings (SSSR count). The lowest BCUT2D eigenvalue weighted by atomic mass is 10.1. The molecule has 1 aromatic heterocycles. The van der Waals surface area contributed by atoms with E-state index in [1.165, 1.54) is 7.11 Å². The molecule has 1 amide bonds. The van der Waals surface area contributed by atoms with Crippen molar-refractivity contribution in [3.05, 3.63) is 23.4 Å². The highest BCUT2D eigenvalue weighted by Crippen LogP contribution is 2.33. The third kappa shape index (κ3) is 3.46. The molecular weight excluding hydrogens is 313 g/mol. The Balaban J connectivity index is 2.29. The number of carbonyl (C=O) groups is 2. The SMILES string of the molecule is COc1cc2c(C)c(C)[nH]c2cc1NC(=O)CC(=O)C(F)(F)F. The van der Waals surface area contributed by atoms with Gasteiger partial charge in [0.2, 0.25) is 11.7 Å². The van der Waals surface area contributed by atoms with Gasteiger partial charge < -0.3 is 15.0 Å². The number of halogens is 3. The van der Waals surface area contributed by atoms with Crippen molar-refractivity contribution in [2.75, 3.05) is 12.4 Å². The summed E-state index contributed by atoms with van der Waals surface area (Å²) in [5, 5.41) is 3.16. The highest BCUT2D eigenvalue weighted by molar-refractivity contribution is 6.07. The third-order valence-electron chi connectivity index (χ3n) is 3.54. The van der Waals surface area contributed by atoms with Crippen LogP contribution in [-0.2, 0) is 9.59 Å². The van der Waals surface area contributed by atoms with Gasteiger partial charge in [-0.3, -0.25) is 9.59 Å². The number of Topliss-reactive ketones (excluding diaryl/α,β-unsaturated/α-hetero) is 1. The van der Waals surface area contributed by atoms with Gasteiger partial charge in [-0.25, -0.2) is 0 Å². The van der Waals surface area contributed by atoms with Gasteiger partial charge in [-0.05, 0) is 31.5 Å². The van der Waals surface area contributed by atoms with Crippen LogP contribution in [0.4, 0.5) is 18.9 Å². The van der Waals surface area contributed by atoms with E-state index in [0.717, 1.165) is 16.6 Å². The molecular formula is C15H15F3N2O3. The number of carbonyl (C=O) groups excluding carboxylic acids is 2. The molecule has 0 radical (unpaired) electrons. The maximum atomic E-state index is 12.2. The lowest BCUT2D eigenvalue weighted by Gasteiger charge is -2.11. The predicted molar refractivity (Wildman–Crippen MR) is 78.6 cm³/mol. The molecule has 0 saturated heterocycles. The number of ketones is 1. The summed E-state index contributed by atoms with van der Waals surface area (Å²) in [6.45, 7) is 3.79. The summed E-state index contributed by atoms with van der Waals surface area (Å²) in [5.74, 6) is -2.85. The standard InChI is InChI=1S/C15H15F3N2O3/c1-7-8(2)19-10-5-11(12(23-3)4-9(7)10)20-14(22)6-13(21)15(16,17)18/h4-5,19H,6H2,1-3H3,(H,20,22). The molecule has 0 bridgehead atoms. The van der Waals surface area contributed by atoms with E-state index >= 15 is 0 Å². The zero-order valence-corrected chi connectivity index (χ0v) is 12.7. The number of hydrogen-bond donors (Lipinski definition) is 2. The maximum absolute atomic E-state index is 12.2. The molecule has 0 saturated carbocycles. The van der Waals surface area contributed by atoms with Crippen LogP contribution in [0.5, 0.6) is 5.75 Å². The zero-order chi connectivity index (χ0) is 17.4. The van der Waals surface area contributed by atoms with Crippen LogP contribution in [0.1, 0.15) is 17.7 Å². The van der Waals surface area contributed by atoms with Crippen LogP contribution in [0.25, 0.3) is 10.9 Å². The van der Waals surface area contributed by atoms with E-state index in [0.29, 0.717) is 11.3 Å². The van der Waals surface area contributed by atoms with E-state index in [9.17, 15) is 22.8 Å². The minimum atomic E-state index is -5.03. The molecule has 2 aromatic rings. The monoisotopic (exact) mass is 328 g/mol. The normalized spacial score (nSPS) is 11.6. The number of hydrogen-bond acceptors (Lipinski definition) is 3. The number of anilines is 1. The molecule has 1 aromatic carbocycles. The van der Waals surface area contributed by atoms with Crippen molar-refractivity contribution >= 4 is 28.3 Å². The first-order chi connectivity index (χ1) is 10.6. The third-order valence-corrected chi connectivity index (χ3v) is 3.54. The van der Waals surface area contributed by atoms with Gasteiger partial charge in [0.25, 0.3) is 0 Å². The van der Waals surface area contributed by atoms with Crippen molar-refractivity contribution in [1.82, 2.24) is 4.98 Å². The van der Waals surface area contributed by atoms with Gasteiger partial charge in [0, 0.05) is 16.6 Å². The number of aromatic amines is 1. The Morgan fingerprint density at radius 2 is 1.91 bits per heavy atom. The molecule has 0 fully saturated rings. The Hall–Kier alpha value is -2.51. The number of alkyl halides is 3. The van der Waals surface area contributed by atoms with E-state index in [4.69, 9.17) is 4.74 Å². The fraction of sp³-hybridized carbons (Fsp3) is 0.333. The van der Waals surface area contributed by atoms with Crippen LogP contribution in [0.2, 0.25) is 0 Å². The smallest absolute Gasteiger partial charge is 0.450 e. The molecule has 2 N–H and O–H groups in total. The number of H-pyrrole nitrogens is 1. The van der Waals surface area contributed by atoms with Crippen LogP contribution < -0.4 is 10.1 Å². The number of aromatic nitrogens is 1. The van der Waals surface area contributed by atoms with Crippen LogP contribution in [-0.4, -0.2) is 30.0 Å². The molecule has 0 unspecified atom stereocenters. The summed E-state index contributed by atoms with van der Waals surface area (Å²) < 4.78 is 41.7. The molecule has 0 spiro atoms. The van der Waals surface area contributed by atoms with Crippen molar-refractivity contribution in [3.63, 3.8) is 0 Å². The van der Waals surface area contributed by atoms with E-state index < -0.39 is 24.3 Å². The number of amides is 1. The van der Waals surface area contributed by atoms with Crippen LogP contribution in [0.15, 0.2) is 12.1 Å². The van der Waals surface area contributed by atoms with Crippen LogP contribution in [0, 0.1) is 13.8 Å². The van der Waals surface area contributed by atoms with Crippen molar-refractivity contribution in [1.29, 1.82) is 0 Å². The summed E-state index contributed by atoms with van der Waals surface area (Å²) >= 11 is 0.